The Kier molecular flexibility index (Phi) is 7.60. The van der Waals surface area contributed by atoms with Crippen LogP contribution in [0.4, 0.5) is 10.5 Å². The molecule has 5 rings (SSSR count). The molecule has 0 radical (unpaired) electrons. The summed E-state index contributed by atoms with van der Waals surface area (Å²) in [6.45, 7) is 7.04. The van der Waals surface area contributed by atoms with Crippen LogP contribution < -0.4 is 15.5 Å². The Morgan fingerprint density at radius 1 is 1.00 bits per heavy atom. The second kappa shape index (κ2) is 10.8. The van der Waals surface area contributed by atoms with Crippen molar-refractivity contribution in [1.29, 1.82) is 0 Å². The molecule has 3 atom stereocenters. The van der Waals surface area contributed by atoms with Gasteiger partial charge < -0.3 is 19.9 Å². The van der Waals surface area contributed by atoms with Gasteiger partial charge in [0.1, 0.15) is 11.6 Å². The first kappa shape index (κ1) is 28.1. The van der Waals surface area contributed by atoms with E-state index >= 15 is 0 Å². The fraction of sp³-hybridized carbons (Fsp3) is 0.621. The largest absolute Gasteiger partial charge is 0.444 e. The first-order valence-corrected chi connectivity index (χ1v) is 14.2. The smallest absolute Gasteiger partial charge is 0.407 e. The second-order valence-corrected chi connectivity index (χ2v) is 12.3. The van der Waals surface area contributed by atoms with E-state index in [1.807, 2.05) is 26.8 Å². The van der Waals surface area contributed by atoms with Gasteiger partial charge in [0.2, 0.25) is 11.8 Å². The maximum Gasteiger partial charge on any atom is 0.407 e. The van der Waals surface area contributed by atoms with Gasteiger partial charge in [0.05, 0.1) is 16.8 Å². The van der Waals surface area contributed by atoms with E-state index in [9.17, 15) is 24.0 Å². The number of alkyl carbamates (subject to hydrolysis) is 1. The molecule has 0 bridgehead atoms. The highest BCUT2D eigenvalue weighted by molar-refractivity contribution is 6.25. The minimum absolute atomic E-state index is 0.0938. The number of ether oxygens (including phenoxy) is 1. The maximum atomic E-state index is 13.5. The van der Waals surface area contributed by atoms with E-state index in [0.29, 0.717) is 28.9 Å². The SMILES string of the molecule is CN(C1CCN(c2cccc3c2C(=O)N(C2CCC(=O)NC2=O)C3=O)CC1)C1CCC(NC(=O)OC(C)(C)C)C1. The lowest BCUT2D eigenvalue weighted by Gasteiger charge is -2.40. The van der Waals surface area contributed by atoms with Gasteiger partial charge in [-0.1, -0.05) is 6.07 Å². The molecule has 1 aliphatic carbocycles. The first-order chi connectivity index (χ1) is 18.9. The number of piperidine rings is 2. The molecular weight excluding hydrogens is 514 g/mol. The highest BCUT2D eigenvalue weighted by atomic mass is 16.6. The molecule has 1 aromatic carbocycles. The Balaban J connectivity index is 1.20. The number of nitrogens with one attached hydrogen (secondary N) is 2. The van der Waals surface area contributed by atoms with Gasteiger partial charge >= 0.3 is 6.09 Å². The Labute approximate surface area is 234 Å². The van der Waals surface area contributed by atoms with Crippen molar-refractivity contribution in [2.45, 2.75) is 95.5 Å². The van der Waals surface area contributed by atoms with Crippen molar-refractivity contribution in [3.63, 3.8) is 0 Å². The Bertz CT molecular complexity index is 1220. The summed E-state index contributed by atoms with van der Waals surface area (Å²) in [7, 11) is 2.15. The van der Waals surface area contributed by atoms with Gasteiger partial charge in [-0.05, 0) is 78.5 Å². The van der Waals surface area contributed by atoms with Gasteiger partial charge in [-0.3, -0.25) is 29.4 Å². The lowest BCUT2D eigenvalue weighted by atomic mass is 9.99. The fourth-order valence-electron chi connectivity index (χ4n) is 6.51. The third-order valence-corrected chi connectivity index (χ3v) is 8.53. The van der Waals surface area contributed by atoms with Crippen molar-refractivity contribution in [3.8, 4) is 0 Å². The predicted octanol–water partition coefficient (Wildman–Crippen LogP) is 2.43. The number of imide groups is 2. The zero-order valence-electron chi connectivity index (χ0n) is 23.7. The van der Waals surface area contributed by atoms with Crippen LogP contribution in [0.1, 0.15) is 86.4 Å². The molecule has 216 valence electrons. The van der Waals surface area contributed by atoms with Crippen LogP contribution in [0, 0.1) is 0 Å². The van der Waals surface area contributed by atoms with E-state index in [1.165, 1.54) is 0 Å². The third kappa shape index (κ3) is 5.56. The molecular formula is C29H39N5O6. The van der Waals surface area contributed by atoms with E-state index < -0.39 is 29.4 Å². The highest BCUT2D eigenvalue weighted by Gasteiger charge is 2.46. The molecule has 11 nitrogen and oxygen atoms in total. The average Bonchev–Trinajstić information content (AvgIpc) is 3.45. The van der Waals surface area contributed by atoms with E-state index in [2.05, 4.69) is 27.5 Å². The Morgan fingerprint density at radius 3 is 2.40 bits per heavy atom. The number of carbonyl (C=O) groups is 5. The number of hydrogen-bond donors (Lipinski definition) is 2. The first-order valence-electron chi connectivity index (χ1n) is 14.2. The van der Waals surface area contributed by atoms with Crippen molar-refractivity contribution < 1.29 is 28.7 Å². The van der Waals surface area contributed by atoms with Gasteiger partial charge in [0.25, 0.3) is 11.8 Å². The summed E-state index contributed by atoms with van der Waals surface area (Å²) in [6.07, 6.45) is 4.48. The molecule has 5 amide bonds. The normalized spacial score (nSPS) is 25.9. The molecule has 3 unspecified atom stereocenters. The summed E-state index contributed by atoms with van der Waals surface area (Å²) in [4.78, 5) is 68.5. The number of rotatable bonds is 5. The van der Waals surface area contributed by atoms with E-state index in [1.54, 1.807) is 12.1 Å². The molecule has 11 heteroatoms. The minimum atomic E-state index is -0.975. The van der Waals surface area contributed by atoms with Crippen molar-refractivity contribution in [2.75, 3.05) is 25.0 Å². The van der Waals surface area contributed by atoms with Gasteiger partial charge in [0, 0.05) is 37.6 Å². The van der Waals surface area contributed by atoms with Gasteiger partial charge in [-0.25, -0.2) is 4.79 Å². The zero-order valence-corrected chi connectivity index (χ0v) is 23.7. The number of amides is 5. The summed E-state index contributed by atoms with van der Waals surface area (Å²) in [5.41, 5.74) is 0.846. The molecule has 0 spiro atoms. The van der Waals surface area contributed by atoms with Crippen LogP contribution in [-0.4, -0.2) is 89.4 Å². The van der Waals surface area contributed by atoms with Crippen molar-refractivity contribution in [3.05, 3.63) is 29.3 Å². The maximum absolute atomic E-state index is 13.5. The summed E-state index contributed by atoms with van der Waals surface area (Å²) in [5.74, 6) is -1.95. The van der Waals surface area contributed by atoms with E-state index in [0.717, 1.165) is 50.1 Å². The minimum Gasteiger partial charge on any atom is -0.444 e. The van der Waals surface area contributed by atoms with E-state index in [-0.39, 0.29) is 30.9 Å². The van der Waals surface area contributed by atoms with Crippen LogP contribution in [0.3, 0.4) is 0 Å². The number of nitrogens with zero attached hydrogens (tertiary/aromatic N) is 3. The quantitative estimate of drug-likeness (QED) is 0.532. The Hall–Kier alpha value is -3.47. The molecule has 4 aliphatic rings. The standard InChI is InChI=1S/C29H39N5O6/c1-29(2,3)40-28(39)30-17-8-9-19(16-17)32(4)18-12-14-33(15-13-18)21-7-5-6-20-24(21)27(38)34(26(20)37)22-10-11-23(35)31-25(22)36/h5-7,17-19,22H,8-16H2,1-4H3,(H,30,39)(H,31,35,36). The topological polar surface area (TPSA) is 128 Å². The van der Waals surface area contributed by atoms with Crippen LogP contribution in [0.5, 0.6) is 0 Å². The molecule has 3 fully saturated rings. The number of carbonyl (C=O) groups excluding carboxylic acids is 5. The monoisotopic (exact) mass is 553 g/mol. The second-order valence-electron chi connectivity index (χ2n) is 12.3. The number of anilines is 1. The van der Waals surface area contributed by atoms with Crippen LogP contribution in [0.2, 0.25) is 0 Å². The molecule has 2 saturated heterocycles. The Morgan fingerprint density at radius 2 is 1.73 bits per heavy atom. The zero-order chi connectivity index (χ0) is 28.8. The number of fused-ring (bicyclic) bond motifs is 1. The van der Waals surface area contributed by atoms with Crippen molar-refractivity contribution in [1.82, 2.24) is 20.4 Å². The third-order valence-electron chi connectivity index (χ3n) is 8.53. The van der Waals surface area contributed by atoms with Crippen LogP contribution in [-0.2, 0) is 14.3 Å². The lowest BCUT2D eigenvalue weighted by molar-refractivity contribution is -0.136. The lowest BCUT2D eigenvalue weighted by Crippen LogP contribution is -2.54. The molecule has 40 heavy (non-hydrogen) atoms. The summed E-state index contributed by atoms with van der Waals surface area (Å²) < 4.78 is 5.41. The molecule has 1 aromatic rings. The molecule has 2 N–H and O–H groups in total. The number of hydrogen-bond acceptors (Lipinski definition) is 8. The van der Waals surface area contributed by atoms with Crippen molar-refractivity contribution >= 4 is 35.4 Å². The molecule has 1 saturated carbocycles. The van der Waals surface area contributed by atoms with Crippen LogP contribution in [0.15, 0.2) is 18.2 Å². The van der Waals surface area contributed by atoms with Crippen LogP contribution in [0.25, 0.3) is 0 Å². The van der Waals surface area contributed by atoms with E-state index in [4.69, 9.17) is 4.74 Å². The van der Waals surface area contributed by atoms with Crippen LogP contribution >= 0.6 is 0 Å². The van der Waals surface area contributed by atoms with Gasteiger partial charge in [-0.15, -0.1) is 0 Å². The summed E-state index contributed by atoms with van der Waals surface area (Å²) >= 11 is 0. The molecule has 3 aliphatic heterocycles. The summed E-state index contributed by atoms with van der Waals surface area (Å²) in [5, 5.41) is 5.26. The van der Waals surface area contributed by atoms with Gasteiger partial charge in [0.15, 0.2) is 0 Å². The average molecular weight is 554 g/mol. The number of benzene rings is 1. The highest BCUT2D eigenvalue weighted by Crippen LogP contribution is 2.36. The van der Waals surface area contributed by atoms with Gasteiger partial charge in [-0.2, -0.15) is 0 Å². The summed E-state index contributed by atoms with van der Waals surface area (Å²) in [6, 6.07) is 5.15. The molecule has 0 aromatic heterocycles. The predicted molar refractivity (Wildman–Crippen MR) is 147 cm³/mol. The fourth-order valence-corrected chi connectivity index (χ4v) is 6.51. The molecule has 3 heterocycles. The van der Waals surface area contributed by atoms with Crippen molar-refractivity contribution in [2.24, 2.45) is 0 Å².